The zero-order valence-corrected chi connectivity index (χ0v) is 23.7. The fourth-order valence-electron chi connectivity index (χ4n) is 4.60. The molecule has 0 spiro atoms. The van der Waals surface area contributed by atoms with Crippen molar-refractivity contribution in [2.45, 2.75) is 65.2 Å². The molecule has 0 aliphatic heterocycles. The number of tetrazole rings is 1. The number of rotatable bonds is 11. The molecule has 4 rings (SSSR count). The summed E-state index contributed by atoms with van der Waals surface area (Å²) >= 11 is 0. The normalized spacial score (nSPS) is 12.3. The molecular weight excluding hydrogens is 528 g/mol. The van der Waals surface area contributed by atoms with Gasteiger partial charge in [-0.15, -0.1) is 10.2 Å². The van der Waals surface area contributed by atoms with Gasteiger partial charge in [0.1, 0.15) is 17.2 Å². The highest BCUT2D eigenvalue weighted by atomic mass is 16.8. The molecule has 0 saturated carbocycles. The lowest BCUT2D eigenvalue weighted by atomic mass is 9.90. The number of ether oxygens (including phenoxy) is 3. The fraction of sp³-hybridized carbons (Fsp3) is 0.379. The van der Waals surface area contributed by atoms with Crippen molar-refractivity contribution in [3.8, 4) is 22.5 Å². The number of carbonyl (C=O) groups excluding carboxylic acids is 2. The molecule has 0 saturated heterocycles. The Hall–Kier alpha value is -4.58. The van der Waals surface area contributed by atoms with Crippen LogP contribution in [0.3, 0.4) is 0 Å². The maximum absolute atomic E-state index is 12.9. The smallest absolute Gasteiger partial charge is 0.431 e. The van der Waals surface area contributed by atoms with Crippen LogP contribution in [0.4, 0.5) is 4.79 Å². The highest BCUT2D eigenvalue weighted by Gasteiger charge is 2.31. The van der Waals surface area contributed by atoms with E-state index >= 15 is 0 Å². The molecule has 216 valence electrons. The first-order valence-electron chi connectivity index (χ1n) is 13.3. The van der Waals surface area contributed by atoms with Gasteiger partial charge in [0.15, 0.2) is 0 Å². The molecule has 0 amide bonds. The van der Waals surface area contributed by atoms with Gasteiger partial charge in [-0.2, -0.15) is 5.21 Å². The van der Waals surface area contributed by atoms with Crippen LogP contribution in [0, 0.1) is 0 Å². The summed E-state index contributed by atoms with van der Waals surface area (Å²) in [4.78, 5) is 29.1. The van der Waals surface area contributed by atoms with Crippen LogP contribution < -0.4 is 0 Å². The standard InChI is InChI=1S/C29H34N6O6/c1-6-9-22(20-14-12-19(13-15-20)21-10-7-8-11-23(21)25-31-33-34-32-25)26-30-16-24(35(26)29(4,5)38)27(36)39-17-40-28(37)41-18(2)3/h7-8,10-16,18,22,38H,6,9,17H2,1-5H3,(H,31,32,33,34). The van der Waals surface area contributed by atoms with Gasteiger partial charge in [0.05, 0.1) is 12.3 Å². The SMILES string of the molecule is CCCC(c1ccc(-c2ccccc2-c2nn[nH]n2)cc1)c1ncc(C(=O)OCOC(=O)OC(C)C)n1C(C)(C)O. The van der Waals surface area contributed by atoms with Crippen LogP contribution in [-0.4, -0.2) is 60.3 Å². The van der Waals surface area contributed by atoms with Gasteiger partial charge in [0.25, 0.3) is 0 Å². The largest absolute Gasteiger partial charge is 0.511 e. The fourth-order valence-corrected chi connectivity index (χ4v) is 4.60. The van der Waals surface area contributed by atoms with Crippen LogP contribution in [0.2, 0.25) is 0 Å². The minimum Gasteiger partial charge on any atom is -0.431 e. The number of nitrogens with one attached hydrogen (secondary N) is 1. The Bertz CT molecular complexity index is 1460. The van der Waals surface area contributed by atoms with Crippen LogP contribution in [0.5, 0.6) is 0 Å². The predicted octanol–water partition coefficient (Wildman–Crippen LogP) is 5.02. The van der Waals surface area contributed by atoms with Gasteiger partial charge in [-0.1, -0.05) is 61.9 Å². The number of H-pyrrole nitrogens is 1. The summed E-state index contributed by atoms with van der Waals surface area (Å²) < 4.78 is 16.3. The minimum absolute atomic E-state index is 0.0279. The van der Waals surface area contributed by atoms with E-state index in [9.17, 15) is 14.7 Å². The quantitative estimate of drug-likeness (QED) is 0.188. The molecule has 2 aromatic heterocycles. The van der Waals surface area contributed by atoms with Crippen LogP contribution in [0.25, 0.3) is 22.5 Å². The molecule has 0 bridgehead atoms. The minimum atomic E-state index is -1.48. The van der Waals surface area contributed by atoms with Crippen LogP contribution in [0.15, 0.2) is 54.7 Å². The van der Waals surface area contributed by atoms with Crippen molar-refractivity contribution in [2.75, 3.05) is 6.79 Å². The summed E-state index contributed by atoms with van der Waals surface area (Å²) in [6.07, 6.45) is 1.58. The average Bonchev–Trinajstić information content (AvgIpc) is 3.62. The van der Waals surface area contributed by atoms with E-state index in [1.807, 2.05) is 48.5 Å². The number of imidazole rings is 1. The Morgan fingerprint density at radius 2 is 1.76 bits per heavy atom. The number of hydrogen-bond donors (Lipinski definition) is 2. The van der Waals surface area contributed by atoms with E-state index in [1.165, 1.54) is 10.8 Å². The average molecular weight is 563 g/mol. The van der Waals surface area contributed by atoms with Gasteiger partial charge in [0.2, 0.25) is 12.6 Å². The van der Waals surface area contributed by atoms with Gasteiger partial charge in [-0.05, 0) is 56.0 Å². The highest BCUT2D eigenvalue weighted by molar-refractivity contribution is 5.87. The molecule has 0 fully saturated rings. The summed E-state index contributed by atoms with van der Waals surface area (Å²) in [5.74, 6) is -0.0209. The Morgan fingerprint density at radius 1 is 1.05 bits per heavy atom. The second-order valence-corrected chi connectivity index (χ2v) is 10.2. The summed E-state index contributed by atoms with van der Waals surface area (Å²) in [6, 6.07) is 15.8. The van der Waals surface area contributed by atoms with Gasteiger partial charge in [0, 0.05) is 11.5 Å². The van der Waals surface area contributed by atoms with Gasteiger partial charge in [-0.25, -0.2) is 14.6 Å². The van der Waals surface area contributed by atoms with Crippen molar-refractivity contribution in [3.05, 3.63) is 71.8 Å². The lowest BCUT2D eigenvalue weighted by Crippen LogP contribution is -2.32. The number of aromatic amines is 1. The Kier molecular flexibility index (Phi) is 9.13. The van der Waals surface area contributed by atoms with E-state index in [-0.39, 0.29) is 17.7 Å². The topological polar surface area (TPSA) is 154 Å². The van der Waals surface area contributed by atoms with E-state index in [2.05, 4.69) is 32.5 Å². The molecule has 41 heavy (non-hydrogen) atoms. The summed E-state index contributed by atoms with van der Waals surface area (Å²) in [5, 5.41) is 25.5. The monoisotopic (exact) mass is 562 g/mol. The van der Waals surface area contributed by atoms with E-state index in [4.69, 9.17) is 14.2 Å². The van der Waals surface area contributed by atoms with Crippen molar-refractivity contribution in [1.29, 1.82) is 0 Å². The second-order valence-electron chi connectivity index (χ2n) is 10.2. The first-order valence-corrected chi connectivity index (χ1v) is 13.3. The van der Waals surface area contributed by atoms with E-state index in [0.717, 1.165) is 28.7 Å². The third-order valence-electron chi connectivity index (χ3n) is 6.27. The lowest BCUT2D eigenvalue weighted by molar-refractivity contribution is -0.0388. The Morgan fingerprint density at radius 3 is 2.37 bits per heavy atom. The molecule has 0 aliphatic rings. The number of nitrogens with zero attached hydrogens (tertiary/aromatic N) is 5. The zero-order valence-electron chi connectivity index (χ0n) is 23.7. The van der Waals surface area contributed by atoms with E-state index in [1.54, 1.807) is 27.7 Å². The molecule has 12 heteroatoms. The molecule has 4 aromatic rings. The Balaban J connectivity index is 1.62. The molecular formula is C29H34N6O6. The molecule has 1 unspecified atom stereocenters. The van der Waals surface area contributed by atoms with Gasteiger partial charge in [-0.3, -0.25) is 4.57 Å². The molecule has 2 heterocycles. The molecule has 2 N–H and O–H groups in total. The number of esters is 1. The van der Waals surface area contributed by atoms with E-state index in [0.29, 0.717) is 18.1 Å². The number of hydrogen-bond acceptors (Lipinski definition) is 10. The second kappa shape index (κ2) is 12.7. The lowest BCUT2D eigenvalue weighted by Gasteiger charge is -2.27. The van der Waals surface area contributed by atoms with Crippen molar-refractivity contribution < 1.29 is 28.9 Å². The van der Waals surface area contributed by atoms with Gasteiger partial charge >= 0.3 is 12.1 Å². The number of aliphatic hydroxyl groups is 1. The summed E-state index contributed by atoms with van der Waals surface area (Å²) in [7, 11) is 0. The Labute approximate surface area is 237 Å². The maximum atomic E-state index is 12.9. The van der Waals surface area contributed by atoms with Crippen LogP contribution in [0.1, 0.15) is 75.3 Å². The third-order valence-corrected chi connectivity index (χ3v) is 6.27. The van der Waals surface area contributed by atoms with Crippen LogP contribution in [-0.2, 0) is 19.9 Å². The number of aromatic nitrogens is 6. The summed E-state index contributed by atoms with van der Waals surface area (Å²) in [6.45, 7) is 7.89. The maximum Gasteiger partial charge on any atom is 0.511 e. The molecule has 0 radical (unpaired) electrons. The molecule has 1 atom stereocenters. The molecule has 0 aliphatic carbocycles. The first-order chi connectivity index (χ1) is 19.6. The molecule has 12 nitrogen and oxygen atoms in total. The number of carbonyl (C=O) groups is 2. The molecule has 2 aromatic carbocycles. The van der Waals surface area contributed by atoms with Crippen molar-refractivity contribution in [3.63, 3.8) is 0 Å². The highest BCUT2D eigenvalue weighted by Crippen LogP contribution is 2.35. The zero-order chi connectivity index (χ0) is 29.6. The van der Waals surface area contributed by atoms with Crippen molar-refractivity contribution in [2.24, 2.45) is 0 Å². The predicted molar refractivity (Wildman–Crippen MR) is 149 cm³/mol. The van der Waals surface area contributed by atoms with Crippen molar-refractivity contribution >= 4 is 12.1 Å². The van der Waals surface area contributed by atoms with Crippen LogP contribution >= 0.6 is 0 Å². The van der Waals surface area contributed by atoms with Gasteiger partial charge < -0.3 is 19.3 Å². The first kappa shape index (κ1) is 29.4. The summed E-state index contributed by atoms with van der Waals surface area (Å²) in [5.41, 5.74) is 2.28. The number of benzene rings is 2. The third kappa shape index (κ3) is 6.95. The van der Waals surface area contributed by atoms with Crippen molar-refractivity contribution in [1.82, 2.24) is 30.2 Å². The van der Waals surface area contributed by atoms with E-state index < -0.39 is 24.6 Å².